The quantitative estimate of drug-likeness (QED) is 0.200. The Bertz CT molecular complexity index is 1500. The van der Waals surface area contributed by atoms with E-state index in [2.05, 4.69) is 50.3 Å². The summed E-state index contributed by atoms with van der Waals surface area (Å²) in [6, 6.07) is 21.3. The predicted octanol–water partition coefficient (Wildman–Crippen LogP) is 10.1. The van der Waals surface area contributed by atoms with Crippen LogP contribution in [0.5, 0.6) is 0 Å². The highest BCUT2D eigenvalue weighted by Gasteiger charge is 2.15. The Morgan fingerprint density at radius 2 is 1.14 bits per heavy atom. The number of nitriles is 2. The van der Waals surface area contributed by atoms with E-state index in [9.17, 15) is 10.5 Å². The lowest BCUT2D eigenvalue weighted by Gasteiger charge is -1.96. The maximum absolute atomic E-state index is 9.61. The van der Waals surface area contributed by atoms with Gasteiger partial charge in [-0.2, -0.15) is 10.5 Å². The third-order valence-electron chi connectivity index (χ3n) is 5.31. The third-order valence-corrected chi connectivity index (χ3v) is 10.9. The van der Waals surface area contributed by atoms with Crippen LogP contribution in [-0.2, 0) is 0 Å². The van der Waals surface area contributed by atoms with Crippen molar-refractivity contribution in [1.29, 1.82) is 10.5 Å². The van der Waals surface area contributed by atoms with Gasteiger partial charge < -0.3 is 0 Å². The Kier molecular flexibility index (Phi) is 6.97. The normalized spacial score (nSPS) is 12.0. The molecule has 0 fully saturated rings. The molecule has 0 saturated heterocycles. The molecule has 5 rings (SSSR count). The van der Waals surface area contributed by atoms with Crippen molar-refractivity contribution in [2.45, 2.75) is 13.8 Å². The van der Waals surface area contributed by atoms with Crippen LogP contribution in [0, 0.1) is 36.5 Å². The maximum atomic E-state index is 9.61. The van der Waals surface area contributed by atoms with Crippen LogP contribution in [0.3, 0.4) is 0 Å². The van der Waals surface area contributed by atoms with Crippen LogP contribution in [0.25, 0.3) is 42.8 Å². The molecular weight excluding hydrogens is 525 g/mol. The van der Waals surface area contributed by atoms with E-state index in [1.54, 1.807) is 56.7 Å². The first kappa shape index (κ1) is 23.7. The lowest BCUT2D eigenvalue weighted by Crippen LogP contribution is -1.73. The average molecular weight is 543 g/mol. The SMILES string of the molecule is Cc1cc(C=C(C#N)c2cccs2)sc1-c1ccc(-c2sc(C=C(C#N)c3cccs3)cc2C)s1. The van der Waals surface area contributed by atoms with Gasteiger partial charge in [-0.1, -0.05) is 12.1 Å². The minimum absolute atomic E-state index is 0.703. The average Bonchev–Trinajstić information content (AvgIpc) is 3.67. The lowest BCUT2D eigenvalue weighted by molar-refractivity contribution is 1.54. The summed E-state index contributed by atoms with van der Waals surface area (Å²) >= 11 is 8.42. The highest BCUT2D eigenvalue weighted by atomic mass is 32.1. The molecular formula is C28H18N2S5. The second-order valence-electron chi connectivity index (χ2n) is 7.78. The molecule has 0 aliphatic heterocycles. The monoisotopic (exact) mass is 542 g/mol. The topological polar surface area (TPSA) is 47.6 Å². The third kappa shape index (κ3) is 5.01. The van der Waals surface area contributed by atoms with Gasteiger partial charge in [-0.3, -0.25) is 0 Å². The van der Waals surface area contributed by atoms with Crippen molar-refractivity contribution in [1.82, 2.24) is 0 Å². The molecule has 35 heavy (non-hydrogen) atoms. The fourth-order valence-electron chi connectivity index (χ4n) is 3.69. The van der Waals surface area contributed by atoms with Gasteiger partial charge >= 0.3 is 0 Å². The standard InChI is InChI=1S/C28H18N2S5/c1-17-11-21(13-19(15-29)23-5-3-9-31-23)33-27(17)25-7-8-26(35-25)28-18(2)12-22(34-28)14-20(16-30)24-6-4-10-32-24/h3-14H,1-2H3. The molecule has 0 aromatic carbocycles. The van der Waals surface area contributed by atoms with Gasteiger partial charge in [-0.05, 0) is 84.3 Å². The van der Waals surface area contributed by atoms with Gasteiger partial charge in [-0.25, -0.2) is 0 Å². The highest BCUT2D eigenvalue weighted by molar-refractivity contribution is 7.27. The van der Waals surface area contributed by atoms with Gasteiger partial charge in [0.2, 0.25) is 0 Å². The van der Waals surface area contributed by atoms with E-state index in [0.29, 0.717) is 11.1 Å². The first-order chi connectivity index (χ1) is 17.1. The molecule has 5 aromatic rings. The summed E-state index contributed by atoms with van der Waals surface area (Å²) in [6.07, 6.45) is 3.98. The Balaban J connectivity index is 1.44. The first-order valence-electron chi connectivity index (χ1n) is 10.7. The van der Waals surface area contributed by atoms with Crippen LogP contribution < -0.4 is 0 Å². The van der Waals surface area contributed by atoms with E-state index in [1.807, 2.05) is 47.2 Å². The van der Waals surface area contributed by atoms with Crippen LogP contribution in [-0.4, -0.2) is 0 Å². The van der Waals surface area contributed by atoms with Crippen LogP contribution in [0.2, 0.25) is 0 Å². The Hall–Kier alpha value is -3.04. The molecule has 170 valence electrons. The molecule has 0 radical (unpaired) electrons. The van der Waals surface area contributed by atoms with Crippen molar-refractivity contribution in [3.63, 3.8) is 0 Å². The van der Waals surface area contributed by atoms with Gasteiger partial charge in [0, 0.05) is 39.0 Å². The highest BCUT2D eigenvalue weighted by Crippen LogP contribution is 2.44. The molecule has 0 aliphatic rings. The van der Waals surface area contributed by atoms with E-state index < -0.39 is 0 Å². The summed E-state index contributed by atoms with van der Waals surface area (Å²) in [4.78, 5) is 9.13. The van der Waals surface area contributed by atoms with Crippen molar-refractivity contribution in [3.05, 3.63) is 89.9 Å². The molecule has 0 amide bonds. The van der Waals surface area contributed by atoms with Crippen molar-refractivity contribution in [2.75, 3.05) is 0 Å². The fraction of sp³-hybridized carbons (Fsp3) is 0.0714. The summed E-state index contributed by atoms with van der Waals surface area (Å²) in [5.41, 5.74) is 3.85. The molecule has 5 aromatic heterocycles. The smallest absolute Gasteiger partial charge is 0.101 e. The molecule has 0 saturated carbocycles. The molecule has 0 bridgehead atoms. The van der Waals surface area contributed by atoms with Gasteiger partial charge in [0.1, 0.15) is 12.1 Å². The number of aryl methyl sites for hydroxylation is 2. The summed E-state index contributed by atoms with van der Waals surface area (Å²) < 4.78 is 0. The number of rotatable bonds is 6. The van der Waals surface area contributed by atoms with Gasteiger partial charge in [0.25, 0.3) is 0 Å². The number of hydrogen-bond acceptors (Lipinski definition) is 7. The lowest BCUT2D eigenvalue weighted by atomic mass is 10.2. The van der Waals surface area contributed by atoms with Crippen LogP contribution in [0.1, 0.15) is 30.6 Å². The zero-order chi connectivity index (χ0) is 24.4. The Labute approximate surface area is 224 Å². The second kappa shape index (κ2) is 10.3. The molecule has 7 heteroatoms. The minimum Gasteiger partial charge on any atom is -0.192 e. The number of hydrogen-bond donors (Lipinski definition) is 0. The van der Waals surface area contributed by atoms with Crippen LogP contribution >= 0.6 is 56.7 Å². The van der Waals surface area contributed by atoms with Gasteiger partial charge in [-0.15, -0.1) is 56.7 Å². The second-order valence-corrected chi connectivity index (χ2v) is 12.9. The Morgan fingerprint density at radius 3 is 1.51 bits per heavy atom. The summed E-state index contributed by atoms with van der Waals surface area (Å²) in [5, 5.41) is 23.2. The molecule has 0 aliphatic carbocycles. The zero-order valence-corrected chi connectivity index (χ0v) is 22.9. The van der Waals surface area contributed by atoms with E-state index in [1.165, 1.54) is 30.6 Å². The number of nitrogens with zero attached hydrogens (tertiary/aromatic N) is 2. The largest absolute Gasteiger partial charge is 0.192 e. The molecule has 0 unspecified atom stereocenters. The van der Waals surface area contributed by atoms with E-state index in [0.717, 1.165) is 19.5 Å². The van der Waals surface area contributed by atoms with Crippen molar-refractivity contribution in [2.24, 2.45) is 0 Å². The number of thiophene rings is 5. The summed E-state index contributed by atoms with van der Waals surface area (Å²) in [6.45, 7) is 4.26. The van der Waals surface area contributed by atoms with Gasteiger partial charge in [0.15, 0.2) is 0 Å². The molecule has 0 atom stereocenters. The minimum atomic E-state index is 0.703. The van der Waals surface area contributed by atoms with E-state index >= 15 is 0 Å². The van der Waals surface area contributed by atoms with Gasteiger partial charge in [0.05, 0.1) is 11.1 Å². The van der Waals surface area contributed by atoms with Crippen LogP contribution in [0.4, 0.5) is 0 Å². The van der Waals surface area contributed by atoms with E-state index in [-0.39, 0.29) is 0 Å². The maximum Gasteiger partial charge on any atom is 0.101 e. The molecule has 0 spiro atoms. The predicted molar refractivity (Wildman–Crippen MR) is 156 cm³/mol. The van der Waals surface area contributed by atoms with E-state index in [4.69, 9.17) is 0 Å². The molecule has 0 N–H and O–H groups in total. The molecule has 5 heterocycles. The Morgan fingerprint density at radius 1 is 0.686 bits per heavy atom. The number of allylic oxidation sites excluding steroid dienone is 2. The summed E-state index contributed by atoms with van der Waals surface area (Å²) in [5.74, 6) is 0. The van der Waals surface area contributed by atoms with Crippen LogP contribution in [0.15, 0.2) is 59.3 Å². The van der Waals surface area contributed by atoms with Crippen molar-refractivity contribution < 1.29 is 0 Å². The molecule has 2 nitrogen and oxygen atoms in total. The summed E-state index contributed by atoms with van der Waals surface area (Å²) in [7, 11) is 0. The fourth-order valence-corrected chi connectivity index (χ4v) is 8.67. The first-order valence-corrected chi connectivity index (χ1v) is 14.9. The van der Waals surface area contributed by atoms with Crippen molar-refractivity contribution >= 4 is 80.0 Å². The zero-order valence-electron chi connectivity index (χ0n) is 18.9. The van der Waals surface area contributed by atoms with Crippen molar-refractivity contribution in [3.8, 4) is 31.6 Å².